The summed E-state index contributed by atoms with van der Waals surface area (Å²) in [5.41, 5.74) is 1.88. The van der Waals surface area contributed by atoms with E-state index in [0.717, 1.165) is 11.1 Å². The Morgan fingerprint density at radius 2 is 1.91 bits per heavy atom. The minimum absolute atomic E-state index is 0.0485. The third-order valence-corrected chi connectivity index (χ3v) is 3.82. The predicted molar refractivity (Wildman–Crippen MR) is 85.1 cm³/mol. The first-order chi connectivity index (χ1) is 10.3. The fourth-order valence-electron chi connectivity index (χ4n) is 2.54. The van der Waals surface area contributed by atoms with Crippen LogP contribution in [0, 0.1) is 0 Å². The maximum Gasteiger partial charge on any atom is 0.123 e. The van der Waals surface area contributed by atoms with Gasteiger partial charge in [0.15, 0.2) is 0 Å². The number of rotatable bonds is 5. The number of fused-ring (bicyclic) bond motifs is 1. The fourth-order valence-corrected chi connectivity index (χ4v) is 2.54. The average molecular weight is 309 g/mol. The van der Waals surface area contributed by atoms with E-state index >= 15 is 0 Å². The van der Waals surface area contributed by atoms with Crippen LogP contribution in [-0.2, 0) is 12.8 Å². The summed E-state index contributed by atoms with van der Waals surface area (Å²) < 4.78 is 5.73. The van der Waals surface area contributed by atoms with Crippen molar-refractivity contribution < 1.29 is 20.1 Å². The smallest absolute Gasteiger partial charge is 0.123 e. The second-order valence-corrected chi connectivity index (χ2v) is 7.03. The maximum absolute atomic E-state index is 10.00. The third-order valence-electron chi connectivity index (χ3n) is 3.82. The van der Waals surface area contributed by atoms with Gasteiger partial charge in [-0.05, 0) is 32.4 Å². The molecule has 0 fully saturated rings. The molecule has 3 atom stereocenters. The van der Waals surface area contributed by atoms with Crippen molar-refractivity contribution in [1.29, 1.82) is 0 Å². The number of nitrogens with one attached hydrogen (secondary N) is 1. The molecule has 0 spiro atoms. The van der Waals surface area contributed by atoms with E-state index in [2.05, 4.69) is 5.32 Å². The summed E-state index contributed by atoms with van der Waals surface area (Å²) >= 11 is 0. The first-order valence-electron chi connectivity index (χ1n) is 7.79. The van der Waals surface area contributed by atoms with E-state index < -0.39 is 18.3 Å². The van der Waals surface area contributed by atoms with E-state index in [4.69, 9.17) is 4.74 Å². The van der Waals surface area contributed by atoms with Gasteiger partial charge in [-0.3, -0.25) is 0 Å². The van der Waals surface area contributed by atoms with Gasteiger partial charge in [-0.25, -0.2) is 0 Å². The Bertz CT molecular complexity index is 498. The van der Waals surface area contributed by atoms with Gasteiger partial charge in [-0.2, -0.15) is 0 Å². The number of hydrogen-bond acceptors (Lipinski definition) is 5. The van der Waals surface area contributed by atoms with Crippen molar-refractivity contribution in [3.63, 3.8) is 0 Å². The van der Waals surface area contributed by atoms with Crippen LogP contribution in [0.3, 0.4) is 0 Å². The van der Waals surface area contributed by atoms with Crippen LogP contribution in [-0.4, -0.2) is 52.3 Å². The number of benzene rings is 1. The van der Waals surface area contributed by atoms with Gasteiger partial charge in [0.05, 0.1) is 12.2 Å². The zero-order valence-electron chi connectivity index (χ0n) is 13.5. The molecule has 1 aromatic carbocycles. The lowest BCUT2D eigenvalue weighted by molar-refractivity contribution is 0.0132. The number of β-amino-alcohol motifs (C(OH)–C–C–N with tert-alkyl or cyclic N) is 1. The molecule has 0 aliphatic heterocycles. The zero-order chi connectivity index (χ0) is 16.3. The van der Waals surface area contributed by atoms with Gasteiger partial charge >= 0.3 is 0 Å². The number of aliphatic hydroxyl groups is 3. The molecule has 0 bridgehead atoms. The summed E-state index contributed by atoms with van der Waals surface area (Å²) in [7, 11) is 0. The van der Waals surface area contributed by atoms with Crippen molar-refractivity contribution >= 4 is 0 Å². The van der Waals surface area contributed by atoms with Gasteiger partial charge in [-0.1, -0.05) is 12.1 Å². The van der Waals surface area contributed by atoms with Crippen molar-refractivity contribution in [2.75, 3.05) is 13.2 Å². The molecule has 0 saturated carbocycles. The van der Waals surface area contributed by atoms with Crippen molar-refractivity contribution in [3.8, 4) is 5.75 Å². The van der Waals surface area contributed by atoms with Crippen molar-refractivity contribution in [2.24, 2.45) is 0 Å². The van der Waals surface area contributed by atoms with E-state index in [1.807, 2.05) is 39.0 Å². The Morgan fingerprint density at radius 3 is 2.59 bits per heavy atom. The molecule has 5 heteroatoms. The van der Waals surface area contributed by atoms with Crippen molar-refractivity contribution in [1.82, 2.24) is 5.32 Å². The highest BCUT2D eigenvalue weighted by Crippen LogP contribution is 2.30. The lowest BCUT2D eigenvalue weighted by atomic mass is 9.87. The largest absolute Gasteiger partial charge is 0.491 e. The third kappa shape index (κ3) is 4.68. The number of ether oxygens (including phenoxy) is 1. The Kier molecular flexibility index (Phi) is 5.45. The van der Waals surface area contributed by atoms with Crippen LogP contribution in [0.15, 0.2) is 18.2 Å². The SMILES string of the molecule is CC(C)(C)NC[C@H](O)COc1cccc2c1CC(O)C(O)C2. The lowest BCUT2D eigenvalue weighted by Gasteiger charge is -2.28. The molecular formula is C17H27NO4. The van der Waals surface area contributed by atoms with Gasteiger partial charge in [0.2, 0.25) is 0 Å². The molecule has 0 radical (unpaired) electrons. The van der Waals surface area contributed by atoms with Crippen molar-refractivity contribution in [3.05, 3.63) is 29.3 Å². The monoisotopic (exact) mass is 309 g/mol. The molecule has 1 aliphatic carbocycles. The number of hydrogen-bond donors (Lipinski definition) is 4. The zero-order valence-corrected chi connectivity index (χ0v) is 13.5. The number of aliphatic hydroxyl groups excluding tert-OH is 3. The van der Waals surface area contributed by atoms with Crippen LogP contribution < -0.4 is 10.1 Å². The topological polar surface area (TPSA) is 82.0 Å². The molecule has 2 unspecified atom stereocenters. The van der Waals surface area contributed by atoms with Gasteiger partial charge in [-0.15, -0.1) is 0 Å². The maximum atomic E-state index is 10.00. The lowest BCUT2D eigenvalue weighted by Crippen LogP contribution is -2.42. The quantitative estimate of drug-likeness (QED) is 0.641. The summed E-state index contributed by atoms with van der Waals surface area (Å²) in [6, 6.07) is 5.65. The Morgan fingerprint density at radius 1 is 1.23 bits per heavy atom. The van der Waals surface area contributed by atoms with Gasteiger partial charge in [0.25, 0.3) is 0 Å². The summed E-state index contributed by atoms with van der Waals surface area (Å²) in [5, 5.41) is 32.8. The van der Waals surface area contributed by atoms with E-state index in [0.29, 0.717) is 25.1 Å². The summed E-state index contributed by atoms with van der Waals surface area (Å²) in [6.07, 6.45) is -1.27. The summed E-state index contributed by atoms with van der Waals surface area (Å²) in [6.45, 7) is 6.78. The van der Waals surface area contributed by atoms with Crippen LogP contribution in [0.2, 0.25) is 0 Å². The normalized spacial score (nSPS) is 23.0. The second-order valence-electron chi connectivity index (χ2n) is 7.03. The van der Waals surface area contributed by atoms with Gasteiger partial charge in [0, 0.05) is 30.5 Å². The van der Waals surface area contributed by atoms with Crippen LogP contribution in [0.1, 0.15) is 31.9 Å². The van der Waals surface area contributed by atoms with E-state index in [-0.39, 0.29) is 12.1 Å². The summed E-state index contributed by atoms with van der Waals surface area (Å²) in [4.78, 5) is 0. The molecule has 0 heterocycles. The van der Waals surface area contributed by atoms with E-state index in [1.165, 1.54) is 0 Å². The predicted octanol–water partition coefficient (Wildman–Crippen LogP) is 0.635. The first kappa shape index (κ1) is 17.2. The first-order valence-corrected chi connectivity index (χ1v) is 7.79. The van der Waals surface area contributed by atoms with Crippen LogP contribution in [0.5, 0.6) is 5.75 Å². The van der Waals surface area contributed by atoms with Gasteiger partial charge < -0.3 is 25.4 Å². The molecular weight excluding hydrogens is 282 g/mol. The Hall–Kier alpha value is -1.14. The summed E-state index contributed by atoms with van der Waals surface area (Å²) in [5.74, 6) is 0.679. The molecule has 2 rings (SSSR count). The highest BCUT2D eigenvalue weighted by atomic mass is 16.5. The molecule has 124 valence electrons. The highest BCUT2D eigenvalue weighted by Gasteiger charge is 2.27. The molecule has 1 aliphatic rings. The Labute approximate surface area is 131 Å². The van der Waals surface area contributed by atoms with Crippen LogP contribution >= 0.6 is 0 Å². The Balaban J connectivity index is 1.95. The standard InChI is InChI=1S/C17H27NO4/c1-17(2,3)18-9-12(19)10-22-16-6-4-5-11-7-14(20)15(21)8-13(11)16/h4-6,12,14-15,18-21H,7-10H2,1-3H3/t12-,14?,15?/m0/s1. The molecule has 0 amide bonds. The van der Waals surface area contributed by atoms with E-state index in [9.17, 15) is 15.3 Å². The molecule has 0 saturated heterocycles. The molecule has 22 heavy (non-hydrogen) atoms. The van der Waals surface area contributed by atoms with E-state index in [1.54, 1.807) is 0 Å². The fraction of sp³-hybridized carbons (Fsp3) is 0.647. The minimum atomic E-state index is -0.760. The van der Waals surface area contributed by atoms with Crippen LogP contribution in [0.4, 0.5) is 0 Å². The molecule has 0 aromatic heterocycles. The molecule has 1 aromatic rings. The minimum Gasteiger partial charge on any atom is -0.491 e. The van der Waals surface area contributed by atoms with Crippen molar-refractivity contribution in [2.45, 2.75) is 57.5 Å². The average Bonchev–Trinajstić information content (AvgIpc) is 2.43. The highest BCUT2D eigenvalue weighted by molar-refractivity contribution is 5.43. The molecule has 4 N–H and O–H groups in total. The van der Waals surface area contributed by atoms with Crippen LogP contribution in [0.25, 0.3) is 0 Å². The van der Waals surface area contributed by atoms with Gasteiger partial charge in [0.1, 0.15) is 18.5 Å². The second kappa shape index (κ2) is 6.96. The molecule has 5 nitrogen and oxygen atoms in total.